The summed E-state index contributed by atoms with van der Waals surface area (Å²) in [6.45, 7) is 14.7. The molecule has 0 aromatic heterocycles. The summed E-state index contributed by atoms with van der Waals surface area (Å²) in [7, 11) is 0. The minimum atomic E-state index is 0.346. The highest BCUT2D eigenvalue weighted by atomic mass is 16.2. The lowest BCUT2D eigenvalue weighted by molar-refractivity contribution is -0.128. The maximum Gasteiger partial charge on any atom is 0.222 e. The van der Waals surface area contributed by atoms with Gasteiger partial charge in [0.25, 0.3) is 0 Å². The molecule has 0 bridgehead atoms. The van der Waals surface area contributed by atoms with Gasteiger partial charge in [-0.2, -0.15) is 0 Å². The van der Waals surface area contributed by atoms with Crippen molar-refractivity contribution in [3.8, 4) is 0 Å². The van der Waals surface area contributed by atoms with Crippen LogP contribution in [0.1, 0.15) is 142 Å². The zero-order valence-electron chi connectivity index (χ0n) is 26.8. The minimum absolute atomic E-state index is 0.346. The predicted molar refractivity (Wildman–Crippen MR) is 170 cm³/mol. The van der Waals surface area contributed by atoms with Crippen LogP contribution in [0, 0.1) is 0 Å². The zero-order chi connectivity index (χ0) is 28.7. The van der Waals surface area contributed by atoms with Crippen LogP contribution in [0.4, 0.5) is 0 Å². The highest BCUT2D eigenvalue weighted by Gasteiger charge is 2.22. The molecule has 0 N–H and O–H groups in total. The summed E-state index contributed by atoms with van der Waals surface area (Å²) in [6, 6.07) is 0. The molecule has 0 aliphatic carbocycles. The standard InChI is InChI=1S/C34H66N4O2/c1-3-5-7-9-11-13-15-17-23-35(29-31-37-25-19-21-33(37)39)27-28-36(30-32-38-26-20-22-34(38)40)24-18-16-14-12-10-8-6-4-2/h3-32H2,1-2H3. The van der Waals surface area contributed by atoms with Gasteiger partial charge in [0.15, 0.2) is 0 Å². The third-order valence-electron chi connectivity index (χ3n) is 9.10. The van der Waals surface area contributed by atoms with E-state index in [-0.39, 0.29) is 0 Å². The first-order valence-electron chi connectivity index (χ1n) is 17.6. The van der Waals surface area contributed by atoms with Crippen molar-refractivity contribution in [2.45, 2.75) is 142 Å². The number of rotatable bonds is 27. The van der Waals surface area contributed by atoms with Crippen LogP contribution < -0.4 is 0 Å². The van der Waals surface area contributed by atoms with E-state index >= 15 is 0 Å². The normalized spacial score (nSPS) is 16.0. The van der Waals surface area contributed by atoms with Crippen LogP contribution >= 0.6 is 0 Å². The molecule has 0 radical (unpaired) electrons. The van der Waals surface area contributed by atoms with Gasteiger partial charge >= 0.3 is 0 Å². The molecule has 0 saturated carbocycles. The molecule has 2 heterocycles. The average molecular weight is 563 g/mol. The summed E-state index contributed by atoms with van der Waals surface area (Å²) < 4.78 is 0. The Bertz CT molecular complexity index is 589. The average Bonchev–Trinajstić information content (AvgIpc) is 3.57. The minimum Gasteiger partial charge on any atom is -0.341 e. The molecule has 2 rings (SSSR count). The molecule has 6 nitrogen and oxygen atoms in total. The first-order chi connectivity index (χ1) is 19.6. The number of carbonyl (C=O) groups excluding carboxylic acids is 2. The Morgan fingerprint density at radius 2 is 0.825 bits per heavy atom. The topological polar surface area (TPSA) is 47.1 Å². The molecule has 2 fully saturated rings. The molecule has 6 heteroatoms. The van der Waals surface area contributed by atoms with Gasteiger partial charge in [-0.25, -0.2) is 0 Å². The third-order valence-corrected chi connectivity index (χ3v) is 9.10. The first kappa shape index (κ1) is 35.1. The highest BCUT2D eigenvalue weighted by Crippen LogP contribution is 2.13. The molecular formula is C34H66N4O2. The number of hydrogen-bond donors (Lipinski definition) is 0. The van der Waals surface area contributed by atoms with Gasteiger partial charge in [0.05, 0.1) is 0 Å². The quantitative estimate of drug-likeness (QED) is 0.100. The second-order valence-corrected chi connectivity index (χ2v) is 12.6. The van der Waals surface area contributed by atoms with E-state index in [4.69, 9.17) is 0 Å². The number of carbonyl (C=O) groups is 2. The van der Waals surface area contributed by atoms with Crippen LogP contribution in [0.5, 0.6) is 0 Å². The second-order valence-electron chi connectivity index (χ2n) is 12.6. The van der Waals surface area contributed by atoms with Crippen molar-refractivity contribution < 1.29 is 9.59 Å². The van der Waals surface area contributed by atoms with E-state index in [9.17, 15) is 9.59 Å². The third kappa shape index (κ3) is 16.3. The van der Waals surface area contributed by atoms with E-state index < -0.39 is 0 Å². The molecular weight excluding hydrogens is 496 g/mol. The van der Waals surface area contributed by atoms with Crippen molar-refractivity contribution >= 4 is 11.8 Å². The highest BCUT2D eigenvalue weighted by molar-refractivity contribution is 5.78. The molecule has 0 spiro atoms. The summed E-state index contributed by atoms with van der Waals surface area (Å²) in [4.78, 5) is 33.8. The smallest absolute Gasteiger partial charge is 0.222 e. The van der Waals surface area contributed by atoms with Crippen LogP contribution in [0.3, 0.4) is 0 Å². The number of likely N-dealkylation sites (tertiary alicyclic amines) is 2. The van der Waals surface area contributed by atoms with Gasteiger partial charge in [-0.1, -0.05) is 104 Å². The fraction of sp³-hybridized carbons (Fsp3) is 0.941. The summed E-state index contributed by atoms with van der Waals surface area (Å²) >= 11 is 0. The zero-order valence-corrected chi connectivity index (χ0v) is 26.8. The van der Waals surface area contributed by atoms with Gasteiger partial charge in [0.2, 0.25) is 11.8 Å². The summed E-state index contributed by atoms with van der Waals surface area (Å²) in [5, 5.41) is 0. The van der Waals surface area contributed by atoms with E-state index in [0.29, 0.717) is 11.8 Å². The maximum absolute atomic E-state index is 12.2. The molecule has 0 unspecified atom stereocenters. The van der Waals surface area contributed by atoms with Gasteiger partial charge in [0, 0.05) is 65.2 Å². The first-order valence-corrected chi connectivity index (χ1v) is 17.6. The Labute approximate surface area is 248 Å². The summed E-state index contributed by atoms with van der Waals surface area (Å²) in [5.74, 6) is 0.692. The molecule has 0 aromatic rings. The van der Waals surface area contributed by atoms with E-state index in [0.717, 1.165) is 91.1 Å². The van der Waals surface area contributed by atoms with Crippen LogP contribution in [-0.2, 0) is 9.59 Å². The van der Waals surface area contributed by atoms with E-state index in [1.807, 2.05) is 0 Å². The molecule has 2 saturated heterocycles. The Morgan fingerprint density at radius 3 is 1.15 bits per heavy atom. The fourth-order valence-electron chi connectivity index (χ4n) is 6.30. The Morgan fingerprint density at radius 1 is 0.475 bits per heavy atom. The molecule has 234 valence electrons. The number of amides is 2. The van der Waals surface area contributed by atoms with Crippen molar-refractivity contribution in [2.24, 2.45) is 0 Å². The monoisotopic (exact) mass is 563 g/mol. The van der Waals surface area contributed by atoms with E-state index in [1.165, 1.54) is 103 Å². The lowest BCUT2D eigenvalue weighted by atomic mass is 10.1. The molecule has 2 amide bonds. The number of hydrogen-bond acceptors (Lipinski definition) is 4. The van der Waals surface area contributed by atoms with Crippen LogP contribution in [0.2, 0.25) is 0 Å². The number of unbranched alkanes of at least 4 members (excludes halogenated alkanes) is 14. The predicted octanol–water partition coefficient (Wildman–Crippen LogP) is 7.12. The lowest BCUT2D eigenvalue weighted by Crippen LogP contribution is -2.43. The van der Waals surface area contributed by atoms with Crippen LogP contribution in [0.25, 0.3) is 0 Å². The maximum atomic E-state index is 12.2. The van der Waals surface area contributed by atoms with Crippen molar-refractivity contribution in [3.63, 3.8) is 0 Å². The molecule has 40 heavy (non-hydrogen) atoms. The summed E-state index contributed by atoms with van der Waals surface area (Å²) in [5.41, 5.74) is 0. The molecule has 0 atom stereocenters. The van der Waals surface area contributed by atoms with Crippen molar-refractivity contribution in [2.75, 3.05) is 65.4 Å². The Balaban J connectivity index is 1.78. The SMILES string of the molecule is CCCCCCCCCCN(CCN(CCCCCCCCCC)CCN1CCCC1=O)CCN1CCCC1=O. The Kier molecular flexibility index (Phi) is 20.5. The largest absolute Gasteiger partial charge is 0.341 e. The lowest BCUT2D eigenvalue weighted by Gasteiger charge is -2.30. The van der Waals surface area contributed by atoms with Crippen molar-refractivity contribution in [1.82, 2.24) is 19.6 Å². The summed E-state index contributed by atoms with van der Waals surface area (Å²) in [6.07, 6.45) is 25.1. The van der Waals surface area contributed by atoms with Gasteiger partial charge < -0.3 is 19.6 Å². The van der Waals surface area contributed by atoms with Crippen LogP contribution in [0.15, 0.2) is 0 Å². The fourth-order valence-corrected chi connectivity index (χ4v) is 6.30. The van der Waals surface area contributed by atoms with Crippen LogP contribution in [-0.4, -0.2) is 96.9 Å². The van der Waals surface area contributed by atoms with Gasteiger partial charge in [0.1, 0.15) is 0 Å². The van der Waals surface area contributed by atoms with Gasteiger partial charge in [-0.05, 0) is 38.8 Å². The van der Waals surface area contributed by atoms with E-state index in [1.54, 1.807) is 0 Å². The van der Waals surface area contributed by atoms with Crippen molar-refractivity contribution in [3.05, 3.63) is 0 Å². The Hall–Kier alpha value is -1.14. The second kappa shape index (κ2) is 23.4. The van der Waals surface area contributed by atoms with E-state index in [2.05, 4.69) is 33.4 Å². The van der Waals surface area contributed by atoms with Gasteiger partial charge in [-0.3, -0.25) is 9.59 Å². The molecule has 0 aromatic carbocycles. The number of nitrogens with zero attached hydrogens (tertiary/aromatic N) is 4. The molecule has 2 aliphatic rings. The molecule has 2 aliphatic heterocycles. The van der Waals surface area contributed by atoms with Gasteiger partial charge in [-0.15, -0.1) is 0 Å². The van der Waals surface area contributed by atoms with Crippen molar-refractivity contribution in [1.29, 1.82) is 0 Å².